The highest BCUT2D eigenvalue weighted by Crippen LogP contribution is 2.01. The van der Waals surface area contributed by atoms with Crippen LogP contribution in [0.2, 0.25) is 0 Å². The molecule has 0 fully saturated rings. The molecule has 0 atom stereocenters. The van der Waals surface area contributed by atoms with Crippen LogP contribution in [0.4, 0.5) is 0 Å². The molecular formula is C8H9NOS. The number of allylic oxidation sites excluding steroid dienone is 1. The molecule has 3 heteroatoms. The summed E-state index contributed by atoms with van der Waals surface area (Å²) in [5, 5.41) is 0.649. The molecular weight excluding hydrogens is 158 g/mol. The molecule has 1 aromatic heterocycles. The second-order valence-electron chi connectivity index (χ2n) is 2.07. The molecule has 1 rings (SSSR count). The molecule has 0 aliphatic carbocycles. The van der Waals surface area contributed by atoms with Crippen LogP contribution in [-0.2, 0) is 0 Å². The molecule has 0 N–H and O–H groups in total. The third kappa shape index (κ3) is 1.74. The van der Waals surface area contributed by atoms with Crippen molar-refractivity contribution in [3.05, 3.63) is 34.6 Å². The van der Waals surface area contributed by atoms with Crippen LogP contribution >= 0.6 is 12.6 Å². The van der Waals surface area contributed by atoms with Crippen molar-refractivity contribution in [2.75, 3.05) is 0 Å². The van der Waals surface area contributed by atoms with E-state index < -0.39 is 0 Å². The lowest BCUT2D eigenvalue weighted by molar-refractivity contribution is 0.932. The molecule has 0 unspecified atom stereocenters. The van der Waals surface area contributed by atoms with Crippen molar-refractivity contribution >= 4 is 18.8 Å². The standard InChI is InChI=1S/C8H9NOS/c1-2-6-9-7(10)4-3-5-8(9)11/h2-6,11H,1H3. The highest BCUT2D eigenvalue weighted by Gasteiger charge is 1.92. The summed E-state index contributed by atoms with van der Waals surface area (Å²) in [6.07, 6.45) is 3.48. The van der Waals surface area contributed by atoms with Gasteiger partial charge in [-0.3, -0.25) is 9.36 Å². The summed E-state index contributed by atoms with van der Waals surface area (Å²) in [5.74, 6) is 0. The van der Waals surface area contributed by atoms with E-state index >= 15 is 0 Å². The molecule has 11 heavy (non-hydrogen) atoms. The smallest absolute Gasteiger partial charge is 0.255 e. The van der Waals surface area contributed by atoms with Gasteiger partial charge in [-0.05, 0) is 13.0 Å². The Labute approximate surface area is 70.6 Å². The maximum absolute atomic E-state index is 11.1. The minimum absolute atomic E-state index is 0.0596. The van der Waals surface area contributed by atoms with E-state index in [4.69, 9.17) is 0 Å². The first-order valence-electron chi connectivity index (χ1n) is 3.29. The monoisotopic (exact) mass is 167 g/mol. The Morgan fingerprint density at radius 1 is 1.55 bits per heavy atom. The van der Waals surface area contributed by atoms with E-state index in [2.05, 4.69) is 12.6 Å². The van der Waals surface area contributed by atoms with E-state index in [1.807, 2.05) is 6.92 Å². The van der Waals surface area contributed by atoms with Crippen LogP contribution in [-0.4, -0.2) is 4.57 Å². The summed E-state index contributed by atoms with van der Waals surface area (Å²) in [4.78, 5) is 11.1. The first-order valence-corrected chi connectivity index (χ1v) is 3.74. The number of pyridine rings is 1. The highest BCUT2D eigenvalue weighted by molar-refractivity contribution is 7.80. The van der Waals surface area contributed by atoms with Crippen LogP contribution in [0.3, 0.4) is 0 Å². The van der Waals surface area contributed by atoms with Crippen molar-refractivity contribution in [1.29, 1.82) is 0 Å². The third-order valence-corrected chi connectivity index (χ3v) is 1.63. The molecule has 2 nitrogen and oxygen atoms in total. The van der Waals surface area contributed by atoms with Gasteiger partial charge in [0.15, 0.2) is 0 Å². The number of nitrogens with zero attached hydrogens (tertiary/aromatic N) is 1. The van der Waals surface area contributed by atoms with Gasteiger partial charge in [-0.15, -0.1) is 12.6 Å². The highest BCUT2D eigenvalue weighted by atomic mass is 32.1. The van der Waals surface area contributed by atoms with Crippen LogP contribution in [0, 0.1) is 0 Å². The first-order chi connectivity index (χ1) is 5.25. The SMILES string of the molecule is CC=Cn1c(S)cccc1=O. The molecule has 1 aromatic rings. The van der Waals surface area contributed by atoms with Crippen molar-refractivity contribution in [3.8, 4) is 0 Å². The fourth-order valence-electron chi connectivity index (χ4n) is 0.789. The lowest BCUT2D eigenvalue weighted by Crippen LogP contribution is -2.13. The van der Waals surface area contributed by atoms with Gasteiger partial charge >= 0.3 is 0 Å². The Kier molecular flexibility index (Phi) is 2.54. The molecule has 58 valence electrons. The molecule has 0 aliphatic heterocycles. The second-order valence-corrected chi connectivity index (χ2v) is 2.53. The van der Waals surface area contributed by atoms with Gasteiger partial charge in [-0.2, -0.15) is 0 Å². The minimum atomic E-state index is -0.0596. The maximum Gasteiger partial charge on any atom is 0.255 e. The fourth-order valence-corrected chi connectivity index (χ4v) is 1.04. The lowest BCUT2D eigenvalue weighted by Gasteiger charge is -1.99. The van der Waals surface area contributed by atoms with Gasteiger partial charge in [0.25, 0.3) is 5.56 Å². The van der Waals surface area contributed by atoms with Gasteiger partial charge in [-0.25, -0.2) is 0 Å². The molecule has 0 radical (unpaired) electrons. The van der Waals surface area contributed by atoms with E-state index in [1.54, 1.807) is 24.4 Å². The van der Waals surface area contributed by atoms with Gasteiger partial charge < -0.3 is 0 Å². The predicted molar refractivity (Wildman–Crippen MR) is 49.0 cm³/mol. The first kappa shape index (κ1) is 8.14. The van der Waals surface area contributed by atoms with Gasteiger partial charge in [0.1, 0.15) is 0 Å². The summed E-state index contributed by atoms with van der Waals surface area (Å²) < 4.78 is 1.48. The molecule has 1 heterocycles. The molecule has 0 aliphatic rings. The van der Waals surface area contributed by atoms with E-state index in [0.717, 1.165) is 0 Å². The van der Waals surface area contributed by atoms with Gasteiger partial charge in [0.2, 0.25) is 0 Å². The Balaban J connectivity index is 3.32. The van der Waals surface area contributed by atoms with Gasteiger partial charge in [0, 0.05) is 12.3 Å². The quantitative estimate of drug-likeness (QED) is 0.631. The summed E-state index contributed by atoms with van der Waals surface area (Å²) in [6, 6.07) is 4.95. The Bertz CT molecular complexity index is 327. The van der Waals surface area contributed by atoms with Crippen LogP contribution in [0.25, 0.3) is 6.20 Å². The molecule has 0 amide bonds. The van der Waals surface area contributed by atoms with Crippen LogP contribution in [0.1, 0.15) is 6.92 Å². The van der Waals surface area contributed by atoms with Crippen molar-refractivity contribution in [2.24, 2.45) is 0 Å². The van der Waals surface area contributed by atoms with E-state index in [0.29, 0.717) is 5.03 Å². The van der Waals surface area contributed by atoms with Crippen LogP contribution in [0.5, 0.6) is 0 Å². The van der Waals surface area contributed by atoms with Gasteiger partial charge in [0.05, 0.1) is 5.03 Å². The average molecular weight is 167 g/mol. The largest absolute Gasteiger partial charge is 0.279 e. The summed E-state index contributed by atoms with van der Waals surface area (Å²) in [6.45, 7) is 1.85. The molecule has 0 aromatic carbocycles. The molecule has 0 bridgehead atoms. The zero-order valence-corrected chi connectivity index (χ0v) is 7.08. The number of hydrogen-bond acceptors (Lipinski definition) is 2. The van der Waals surface area contributed by atoms with E-state index in [1.165, 1.54) is 10.6 Å². The average Bonchev–Trinajstić information content (AvgIpc) is 1.97. The third-order valence-electron chi connectivity index (χ3n) is 1.27. The number of thiol groups is 1. The number of aromatic nitrogens is 1. The van der Waals surface area contributed by atoms with Crippen molar-refractivity contribution < 1.29 is 0 Å². The maximum atomic E-state index is 11.1. The van der Waals surface area contributed by atoms with E-state index in [-0.39, 0.29) is 5.56 Å². The van der Waals surface area contributed by atoms with Crippen molar-refractivity contribution in [2.45, 2.75) is 11.9 Å². The minimum Gasteiger partial charge on any atom is -0.279 e. The molecule has 0 spiro atoms. The van der Waals surface area contributed by atoms with Crippen molar-refractivity contribution in [1.82, 2.24) is 4.57 Å². The van der Waals surface area contributed by atoms with Crippen LogP contribution in [0.15, 0.2) is 34.1 Å². The zero-order chi connectivity index (χ0) is 8.27. The molecule has 0 saturated heterocycles. The lowest BCUT2D eigenvalue weighted by atomic mass is 10.5. The predicted octanol–water partition coefficient (Wildman–Crippen LogP) is 1.63. The number of rotatable bonds is 1. The normalized spacial score (nSPS) is 10.7. The zero-order valence-electron chi connectivity index (χ0n) is 6.19. The summed E-state index contributed by atoms with van der Waals surface area (Å²) in [5.41, 5.74) is -0.0596. The second kappa shape index (κ2) is 3.44. The Morgan fingerprint density at radius 3 is 2.82 bits per heavy atom. The van der Waals surface area contributed by atoms with Crippen LogP contribution < -0.4 is 5.56 Å². The van der Waals surface area contributed by atoms with Crippen molar-refractivity contribution in [3.63, 3.8) is 0 Å². The van der Waals surface area contributed by atoms with E-state index in [9.17, 15) is 4.79 Å². The summed E-state index contributed by atoms with van der Waals surface area (Å²) in [7, 11) is 0. The Hall–Kier alpha value is -0.960. The van der Waals surface area contributed by atoms with Gasteiger partial charge in [-0.1, -0.05) is 12.1 Å². The number of hydrogen-bond donors (Lipinski definition) is 1. The summed E-state index contributed by atoms with van der Waals surface area (Å²) >= 11 is 4.11. The molecule has 0 saturated carbocycles. The topological polar surface area (TPSA) is 22.0 Å². The fraction of sp³-hybridized carbons (Fsp3) is 0.125. The Morgan fingerprint density at radius 2 is 2.27 bits per heavy atom.